The van der Waals surface area contributed by atoms with Gasteiger partial charge in [-0.05, 0) is 35.7 Å². The summed E-state index contributed by atoms with van der Waals surface area (Å²) < 4.78 is 0.875. The van der Waals surface area contributed by atoms with Crippen LogP contribution in [0, 0.1) is 0 Å². The van der Waals surface area contributed by atoms with E-state index in [1.54, 1.807) is 12.1 Å². The molecular weight excluding hydrogens is 388 g/mol. The molecule has 0 spiro atoms. The lowest BCUT2D eigenvalue weighted by Gasteiger charge is -2.47. The van der Waals surface area contributed by atoms with Gasteiger partial charge in [0.15, 0.2) is 0 Å². The highest BCUT2D eigenvalue weighted by molar-refractivity contribution is 9.10. The van der Waals surface area contributed by atoms with E-state index in [-0.39, 0.29) is 5.91 Å². The van der Waals surface area contributed by atoms with E-state index in [1.165, 1.54) is 11.1 Å². The van der Waals surface area contributed by atoms with Crippen LogP contribution in [0.15, 0.2) is 46.9 Å². The maximum atomic E-state index is 12.6. The molecular formula is C19H18BrClN2O. The Kier molecular flexibility index (Phi) is 4.37. The number of hydrogen-bond donors (Lipinski definition) is 0. The van der Waals surface area contributed by atoms with Crippen molar-refractivity contribution in [1.29, 1.82) is 0 Å². The zero-order valence-electron chi connectivity index (χ0n) is 13.2. The van der Waals surface area contributed by atoms with Crippen molar-refractivity contribution in [3.05, 3.63) is 68.7 Å². The number of nitrogens with zero attached hydrogens (tertiary/aromatic N) is 2. The van der Waals surface area contributed by atoms with Gasteiger partial charge in [0.2, 0.25) is 0 Å². The van der Waals surface area contributed by atoms with Crippen LogP contribution in [0.4, 0.5) is 0 Å². The molecule has 1 saturated heterocycles. The summed E-state index contributed by atoms with van der Waals surface area (Å²) in [5.41, 5.74) is 3.46. The number of hydrogen-bond acceptors (Lipinski definition) is 2. The fourth-order valence-electron chi connectivity index (χ4n) is 3.51. The van der Waals surface area contributed by atoms with E-state index < -0.39 is 0 Å². The molecule has 24 heavy (non-hydrogen) atoms. The summed E-state index contributed by atoms with van der Waals surface area (Å²) >= 11 is 9.58. The molecule has 0 bridgehead atoms. The molecule has 124 valence electrons. The largest absolute Gasteiger partial charge is 0.335 e. The van der Waals surface area contributed by atoms with Crippen molar-refractivity contribution in [2.75, 3.05) is 19.6 Å². The van der Waals surface area contributed by atoms with Crippen LogP contribution < -0.4 is 0 Å². The van der Waals surface area contributed by atoms with Crippen molar-refractivity contribution in [2.24, 2.45) is 0 Å². The summed E-state index contributed by atoms with van der Waals surface area (Å²) in [6.45, 7) is 3.62. The van der Waals surface area contributed by atoms with Crippen LogP contribution in [0.1, 0.15) is 21.5 Å². The van der Waals surface area contributed by atoms with Gasteiger partial charge in [0.25, 0.3) is 5.91 Å². The number of fused-ring (bicyclic) bond motifs is 1. The lowest BCUT2D eigenvalue weighted by atomic mass is 9.96. The number of carbonyl (C=O) groups excluding carboxylic acids is 1. The highest BCUT2D eigenvalue weighted by atomic mass is 79.9. The first-order valence-electron chi connectivity index (χ1n) is 8.17. The zero-order chi connectivity index (χ0) is 16.7. The molecule has 0 saturated carbocycles. The van der Waals surface area contributed by atoms with Gasteiger partial charge in [-0.2, -0.15) is 0 Å². The predicted octanol–water partition coefficient (Wildman–Crippen LogP) is 3.99. The molecule has 0 unspecified atom stereocenters. The predicted molar refractivity (Wildman–Crippen MR) is 99.4 cm³/mol. The van der Waals surface area contributed by atoms with Gasteiger partial charge in [-0.15, -0.1) is 0 Å². The number of halogens is 2. The van der Waals surface area contributed by atoms with E-state index >= 15 is 0 Å². The molecule has 5 heteroatoms. The van der Waals surface area contributed by atoms with Crippen molar-refractivity contribution < 1.29 is 4.79 Å². The molecule has 2 aromatic carbocycles. The fourth-order valence-corrected chi connectivity index (χ4v) is 4.07. The van der Waals surface area contributed by atoms with Gasteiger partial charge in [0, 0.05) is 36.7 Å². The van der Waals surface area contributed by atoms with Gasteiger partial charge < -0.3 is 4.90 Å². The van der Waals surface area contributed by atoms with Gasteiger partial charge >= 0.3 is 0 Å². The van der Waals surface area contributed by atoms with Gasteiger partial charge in [-0.25, -0.2) is 0 Å². The van der Waals surface area contributed by atoms with Crippen LogP contribution >= 0.6 is 27.5 Å². The van der Waals surface area contributed by atoms with Crippen molar-refractivity contribution in [2.45, 2.75) is 19.0 Å². The Hall–Kier alpha value is -1.36. The summed E-state index contributed by atoms with van der Waals surface area (Å²) in [6.07, 6.45) is 1.10. The number of carbonyl (C=O) groups is 1. The molecule has 2 aliphatic heterocycles. The van der Waals surface area contributed by atoms with Gasteiger partial charge in [0.05, 0.1) is 10.6 Å². The average Bonchev–Trinajstić information content (AvgIpc) is 2.55. The molecule has 1 fully saturated rings. The quantitative estimate of drug-likeness (QED) is 0.754. The molecule has 0 radical (unpaired) electrons. The molecule has 2 heterocycles. The van der Waals surface area contributed by atoms with Crippen LogP contribution in [0.5, 0.6) is 0 Å². The molecule has 2 aliphatic rings. The lowest BCUT2D eigenvalue weighted by Crippen LogP contribution is -2.61. The van der Waals surface area contributed by atoms with Gasteiger partial charge in [0.1, 0.15) is 0 Å². The highest BCUT2D eigenvalue weighted by Gasteiger charge is 2.36. The zero-order valence-corrected chi connectivity index (χ0v) is 15.6. The standard InChI is InChI=1S/C19H18BrClN2O/c20-15-5-6-18(21)17(9-15)19(24)23-11-16(12-23)22-8-7-13-3-1-2-4-14(13)10-22/h1-6,9,16H,7-8,10-12H2. The Labute approximate surface area is 155 Å². The Morgan fingerprint density at radius 2 is 1.88 bits per heavy atom. The van der Waals surface area contributed by atoms with Crippen molar-refractivity contribution in [1.82, 2.24) is 9.80 Å². The smallest absolute Gasteiger partial charge is 0.255 e. The third-order valence-corrected chi connectivity index (χ3v) is 5.81. The minimum Gasteiger partial charge on any atom is -0.335 e. The Balaban J connectivity index is 1.40. The van der Waals surface area contributed by atoms with Gasteiger partial charge in [-0.3, -0.25) is 9.69 Å². The van der Waals surface area contributed by atoms with Crippen molar-refractivity contribution in [3.8, 4) is 0 Å². The number of rotatable bonds is 2. The first-order chi connectivity index (χ1) is 11.6. The number of amides is 1. The molecule has 0 aliphatic carbocycles. The normalized spacial score (nSPS) is 18.2. The Morgan fingerprint density at radius 1 is 1.12 bits per heavy atom. The summed E-state index contributed by atoms with van der Waals surface area (Å²) in [6, 6.07) is 14.5. The molecule has 2 aromatic rings. The van der Waals surface area contributed by atoms with Crippen LogP contribution in [0.2, 0.25) is 5.02 Å². The van der Waals surface area contributed by atoms with E-state index in [4.69, 9.17) is 11.6 Å². The summed E-state index contributed by atoms with van der Waals surface area (Å²) in [5.74, 6) is 0.0231. The van der Waals surface area contributed by atoms with Crippen LogP contribution in [-0.4, -0.2) is 41.4 Å². The summed E-state index contributed by atoms with van der Waals surface area (Å²) in [4.78, 5) is 17.0. The van der Waals surface area contributed by atoms with Crippen LogP contribution in [-0.2, 0) is 13.0 Å². The second-order valence-electron chi connectivity index (χ2n) is 6.48. The second kappa shape index (κ2) is 6.51. The minimum absolute atomic E-state index is 0.0231. The van der Waals surface area contributed by atoms with Crippen molar-refractivity contribution >= 4 is 33.4 Å². The Bertz CT molecular complexity index is 789. The van der Waals surface area contributed by atoms with Gasteiger partial charge in [-0.1, -0.05) is 51.8 Å². The monoisotopic (exact) mass is 404 g/mol. The second-order valence-corrected chi connectivity index (χ2v) is 7.80. The minimum atomic E-state index is 0.0231. The molecule has 0 aromatic heterocycles. The average molecular weight is 406 g/mol. The van der Waals surface area contributed by atoms with E-state index in [0.717, 1.165) is 37.1 Å². The third kappa shape index (κ3) is 2.99. The maximum absolute atomic E-state index is 12.6. The summed E-state index contributed by atoms with van der Waals surface area (Å²) in [5, 5.41) is 0.513. The topological polar surface area (TPSA) is 23.6 Å². The molecule has 3 nitrogen and oxygen atoms in total. The van der Waals surface area contributed by atoms with Crippen LogP contribution in [0.25, 0.3) is 0 Å². The third-order valence-electron chi connectivity index (χ3n) is 4.98. The first-order valence-corrected chi connectivity index (χ1v) is 9.34. The SMILES string of the molecule is O=C(c1cc(Br)ccc1Cl)N1CC(N2CCc3ccccc3C2)C1. The fraction of sp³-hybridized carbons (Fsp3) is 0.316. The highest BCUT2D eigenvalue weighted by Crippen LogP contribution is 2.28. The maximum Gasteiger partial charge on any atom is 0.255 e. The lowest BCUT2D eigenvalue weighted by molar-refractivity contribution is 0.0218. The molecule has 1 amide bonds. The van der Waals surface area contributed by atoms with Crippen molar-refractivity contribution in [3.63, 3.8) is 0 Å². The number of benzene rings is 2. The van der Waals surface area contributed by atoms with E-state index in [0.29, 0.717) is 16.6 Å². The first kappa shape index (κ1) is 16.1. The van der Waals surface area contributed by atoms with E-state index in [1.807, 2.05) is 11.0 Å². The van der Waals surface area contributed by atoms with E-state index in [2.05, 4.69) is 45.1 Å². The number of likely N-dealkylation sites (tertiary alicyclic amines) is 1. The molecule has 4 rings (SSSR count). The molecule has 0 N–H and O–H groups in total. The Morgan fingerprint density at radius 3 is 2.67 bits per heavy atom. The van der Waals surface area contributed by atoms with E-state index in [9.17, 15) is 4.79 Å². The van der Waals surface area contributed by atoms with Crippen LogP contribution in [0.3, 0.4) is 0 Å². The molecule has 0 atom stereocenters. The summed E-state index contributed by atoms with van der Waals surface area (Å²) in [7, 11) is 0.